The van der Waals surface area contributed by atoms with Crippen molar-refractivity contribution in [3.05, 3.63) is 35.9 Å². The Morgan fingerprint density at radius 3 is 2.48 bits per heavy atom. The molecule has 0 radical (unpaired) electrons. The first-order chi connectivity index (χ1) is 10.2. The number of carbonyl (C=O) groups is 1. The van der Waals surface area contributed by atoms with E-state index in [-0.39, 0.29) is 6.61 Å². The van der Waals surface area contributed by atoms with Gasteiger partial charge in [-0.2, -0.15) is 0 Å². The van der Waals surface area contributed by atoms with Crippen molar-refractivity contribution >= 4 is 5.97 Å². The normalized spacial score (nSPS) is 13.8. The molecule has 0 heterocycles. The van der Waals surface area contributed by atoms with Gasteiger partial charge in [-0.15, -0.1) is 0 Å². The Labute approximate surface area is 127 Å². The second kappa shape index (κ2) is 9.53. The van der Waals surface area contributed by atoms with Crippen molar-refractivity contribution in [1.82, 2.24) is 5.32 Å². The molecule has 0 bridgehead atoms. The number of hydrogen-bond acceptors (Lipinski definition) is 3. The highest BCUT2D eigenvalue weighted by atomic mass is 16.5. The zero-order chi connectivity index (χ0) is 15.6. The minimum Gasteiger partial charge on any atom is -0.480 e. The summed E-state index contributed by atoms with van der Waals surface area (Å²) in [6.07, 6.45) is 4.48. The van der Waals surface area contributed by atoms with Gasteiger partial charge in [0.2, 0.25) is 0 Å². The number of rotatable bonds is 11. The average molecular weight is 293 g/mol. The van der Waals surface area contributed by atoms with Gasteiger partial charge in [-0.25, -0.2) is 4.79 Å². The summed E-state index contributed by atoms with van der Waals surface area (Å²) in [5.74, 6) is -0.899. The lowest BCUT2D eigenvalue weighted by Gasteiger charge is -2.30. The Balaban J connectivity index is 2.71. The number of hydrogen-bond donors (Lipinski definition) is 2. The maximum Gasteiger partial charge on any atom is 0.331 e. The third kappa shape index (κ3) is 5.14. The zero-order valence-electron chi connectivity index (χ0n) is 13.1. The lowest BCUT2D eigenvalue weighted by Crippen LogP contribution is -2.52. The van der Waals surface area contributed by atoms with Gasteiger partial charge in [0.25, 0.3) is 0 Å². The van der Waals surface area contributed by atoms with E-state index in [1.54, 1.807) is 0 Å². The van der Waals surface area contributed by atoms with Crippen molar-refractivity contribution in [3.8, 4) is 0 Å². The predicted octanol–water partition coefficient (Wildman–Crippen LogP) is 3.17. The third-order valence-electron chi connectivity index (χ3n) is 3.57. The number of aliphatic carboxylic acids is 1. The highest BCUT2D eigenvalue weighted by Crippen LogP contribution is 2.22. The van der Waals surface area contributed by atoms with E-state index in [0.29, 0.717) is 13.2 Å². The Morgan fingerprint density at radius 2 is 1.90 bits per heavy atom. The highest BCUT2D eigenvalue weighted by Gasteiger charge is 2.39. The minimum absolute atomic E-state index is 0.145. The van der Waals surface area contributed by atoms with Crippen molar-refractivity contribution < 1.29 is 14.6 Å². The van der Waals surface area contributed by atoms with Crippen molar-refractivity contribution in [2.75, 3.05) is 19.8 Å². The van der Waals surface area contributed by atoms with Gasteiger partial charge < -0.3 is 9.84 Å². The Bertz CT molecular complexity index is 408. The maximum atomic E-state index is 11.8. The summed E-state index contributed by atoms with van der Waals surface area (Å²) in [4.78, 5) is 11.8. The molecule has 4 nitrogen and oxygen atoms in total. The fourth-order valence-electron chi connectivity index (χ4n) is 2.38. The van der Waals surface area contributed by atoms with E-state index in [1.807, 2.05) is 37.3 Å². The van der Waals surface area contributed by atoms with Crippen molar-refractivity contribution in [2.24, 2.45) is 0 Å². The second-order valence-corrected chi connectivity index (χ2v) is 5.22. The molecule has 1 aromatic rings. The summed E-state index contributed by atoms with van der Waals surface area (Å²) >= 11 is 0. The largest absolute Gasteiger partial charge is 0.480 e. The number of ether oxygens (including phenoxy) is 1. The van der Waals surface area contributed by atoms with Gasteiger partial charge in [-0.3, -0.25) is 5.32 Å². The van der Waals surface area contributed by atoms with E-state index < -0.39 is 11.5 Å². The molecule has 0 aliphatic carbocycles. The van der Waals surface area contributed by atoms with E-state index in [2.05, 4.69) is 12.2 Å². The van der Waals surface area contributed by atoms with Gasteiger partial charge >= 0.3 is 5.97 Å². The predicted molar refractivity (Wildman–Crippen MR) is 84.4 cm³/mol. The lowest BCUT2D eigenvalue weighted by molar-refractivity contribution is -0.148. The molecular weight excluding hydrogens is 266 g/mol. The van der Waals surface area contributed by atoms with Crippen LogP contribution in [0.5, 0.6) is 0 Å². The minimum atomic E-state index is -1.17. The monoisotopic (exact) mass is 293 g/mol. The van der Waals surface area contributed by atoms with Gasteiger partial charge in [-0.05, 0) is 18.5 Å². The van der Waals surface area contributed by atoms with Crippen LogP contribution in [0, 0.1) is 0 Å². The molecule has 0 aliphatic heterocycles. The van der Waals surface area contributed by atoms with Crippen LogP contribution in [0.1, 0.15) is 45.1 Å². The molecule has 0 amide bonds. The number of benzene rings is 1. The van der Waals surface area contributed by atoms with Crippen molar-refractivity contribution in [2.45, 2.75) is 45.1 Å². The smallest absolute Gasteiger partial charge is 0.331 e. The van der Waals surface area contributed by atoms with Gasteiger partial charge in [-0.1, -0.05) is 63.4 Å². The Morgan fingerprint density at radius 1 is 1.19 bits per heavy atom. The fraction of sp³-hybridized carbons (Fsp3) is 0.588. The molecule has 1 rings (SSSR count). The molecular formula is C17H27NO3. The quantitative estimate of drug-likeness (QED) is 0.615. The second-order valence-electron chi connectivity index (χ2n) is 5.22. The molecule has 0 aliphatic rings. The van der Waals surface area contributed by atoms with Crippen LogP contribution in [0.2, 0.25) is 0 Å². The molecule has 0 fully saturated rings. The summed E-state index contributed by atoms with van der Waals surface area (Å²) in [5, 5.41) is 12.8. The Kier molecular flexibility index (Phi) is 8.01. The molecule has 0 saturated heterocycles. The van der Waals surface area contributed by atoms with E-state index in [9.17, 15) is 9.90 Å². The van der Waals surface area contributed by atoms with Crippen LogP contribution in [-0.2, 0) is 15.1 Å². The highest BCUT2D eigenvalue weighted by molar-refractivity contribution is 5.81. The van der Waals surface area contributed by atoms with Crippen LogP contribution in [0.3, 0.4) is 0 Å². The summed E-state index contributed by atoms with van der Waals surface area (Å²) in [7, 11) is 0. The summed E-state index contributed by atoms with van der Waals surface area (Å²) < 4.78 is 5.67. The third-order valence-corrected chi connectivity index (χ3v) is 3.57. The zero-order valence-corrected chi connectivity index (χ0v) is 13.1. The average Bonchev–Trinajstić information content (AvgIpc) is 2.50. The summed E-state index contributed by atoms with van der Waals surface area (Å²) in [6, 6.07) is 9.25. The topological polar surface area (TPSA) is 58.6 Å². The SMILES string of the molecule is CCCCCCOCC(NCC)(C(=O)O)c1ccccc1. The molecule has 4 heteroatoms. The molecule has 21 heavy (non-hydrogen) atoms. The van der Waals surface area contributed by atoms with Gasteiger partial charge in [0, 0.05) is 6.61 Å². The van der Waals surface area contributed by atoms with Crippen molar-refractivity contribution in [1.29, 1.82) is 0 Å². The van der Waals surface area contributed by atoms with Crippen LogP contribution >= 0.6 is 0 Å². The number of nitrogens with one attached hydrogen (secondary N) is 1. The number of unbranched alkanes of at least 4 members (excludes halogenated alkanes) is 3. The first-order valence-corrected chi connectivity index (χ1v) is 7.79. The van der Waals surface area contributed by atoms with Crippen LogP contribution in [0.4, 0.5) is 0 Å². The van der Waals surface area contributed by atoms with Crippen LogP contribution in [-0.4, -0.2) is 30.8 Å². The van der Waals surface area contributed by atoms with E-state index in [4.69, 9.17) is 4.74 Å². The lowest BCUT2D eigenvalue weighted by atomic mass is 9.90. The summed E-state index contributed by atoms with van der Waals surface area (Å²) in [6.45, 7) is 5.39. The number of carboxylic acids is 1. The summed E-state index contributed by atoms with van der Waals surface area (Å²) in [5.41, 5.74) is -0.436. The first kappa shape index (κ1) is 17.7. The van der Waals surface area contributed by atoms with E-state index >= 15 is 0 Å². The maximum absolute atomic E-state index is 11.8. The number of carboxylic acid groups (broad SMARTS) is 1. The standard InChI is InChI=1S/C17H27NO3/c1-3-5-6-10-13-21-14-17(16(19)20,18-4-2)15-11-8-7-9-12-15/h7-9,11-12,18H,3-6,10,13-14H2,1-2H3,(H,19,20). The van der Waals surface area contributed by atoms with E-state index in [0.717, 1.165) is 18.4 Å². The van der Waals surface area contributed by atoms with E-state index in [1.165, 1.54) is 12.8 Å². The van der Waals surface area contributed by atoms with Crippen LogP contribution < -0.4 is 5.32 Å². The van der Waals surface area contributed by atoms with Crippen LogP contribution in [0.25, 0.3) is 0 Å². The molecule has 1 atom stereocenters. The molecule has 1 aromatic carbocycles. The van der Waals surface area contributed by atoms with Gasteiger partial charge in [0.15, 0.2) is 5.54 Å². The molecule has 0 aromatic heterocycles. The van der Waals surface area contributed by atoms with Gasteiger partial charge in [0.05, 0.1) is 6.61 Å². The molecule has 0 spiro atoms. The Hall–Kier alpha value is -1.39. The first-order valence-electron chi connectivity index (χ1n) is 7.79. The van der Waals surface area contributed by atoms with Gasteiger partial charge in [0.1, 0.15) is 0 Å². The molecule has 1 unspecified atom stereocenters. The fourth-order valence-corrected chi connectivity index (χ4v) is 2.38. The molecule has 0 saturated carbocycles. The molecule has 2 N–H and O–H groups in total. The number of likely N-dealkylation sites (N-methyl/N-ethyl adjacent to an activating group) is 1. The van der Waals surface area contributed by atoms with Crippen LogP contribution in [0.15, 0.2) is 30.3 Å². The van der Waals surface area contributed by atoms with Crippen molar-refractivity contribution in [3.63, 3.8) is 0 Å². The molecule has 118 valence electrons.